The zero-order valence-electron chi connectivity index (χ0n) is 14.4. The summed E-state index contributed by atoms with van der Waals surface area (Å²) >= 11 is 1.34. The molecule has 7 nitrogen and oxygen atoms in total. The van der Waals surface area contributed by atoms with Crippen molar-refractivity contribution in [1.29, 1.82) is 0 Å². The number of methoxy groups -OCH3 is 1. The Morgan fingerprint density at radius 1 is 1.38 bits per heavy atom. The van der Waals surface area contributed by atoms with E-state index >= 15 is 0 Å². The van der Waals surface area contributed by atoms with Gasteiger partial charge in [-0.2, -0.15) is 0 Å². The molecule has 8 heteroatoms. The molecule has 0 fully saturated rings. The van der Waals surface area contributed by atoms with Gasteiger partial charge in [-0.1, -0.05) is 6.92 Å². The third-order valence-electron chi connectivity index (χ3n) is 4.38. The normalized spacial score (nSPS) is 15.8. The van der Waals surface area contributed by atoms with Crippen LogP contribution in [0.3, 0.4) is 0 Å². The molecule has 2 heterocycles. The van der Waals surface area contributed by atoms with Gasteiger partial charge in [-0.25, -0.2) is 9.59 Å². The number of nitrogens with one attached hydrogen (secondary N) is 1. The molecule has 1 unspecified atom stereocenters. The van der Waals surface area contributed by atoms with Gasteiger partial charge >= 0.3 is 11.9 Å². The lowest BCUT2D eigenvalue weighted by Gasteiger charge is -2.18. The number of carbonyl (C=O) groups excluding carboxylic acids is 2. The van der Waals surface area contributed by atoms with Crippen LogP contribution in [0.1, 0.15) is 55.0 Å². The number of aromatic carboxylic acids is 1. The van der Waals surface area contributed by atoms with Crippen molar-refractivity contribution in [3.63, 3.8) is 0 Å². The van der Waals surface area contributed by atoms with Crippen LogP contribution in [-0.2, 0) is 17.6 Å². The molecular weight excluding hydrogens is 356 g/mol. The molecule has 0 aliphatic heterocycles. The number of fused-ring (bicyclic) bond motifs is 1. The Labute approximate surface area is 154 Å². The Bertz CT molecular complexity index is 890. The molecule has 0 radical (unpaired) electrons. The van der Waals surface area contributed by atoms with Gasteiger partial charge in [0.25, 0.3) is 5.91 Å². The molecule has 2 N–H and O–H groups in total. The number of anilines is 1. The summed E-state index contributed by atoms with van der Waals surface area (Å²) in [7, 11) is 1.30. The van der Waals surface area contributed by atoms with E-state index in [9.17, 15) is 19.5 Å². The van der Waals surface area contributed by atoms with Gasteiger partial charge < -0.3 is 15.2 Å². The van der Waals surface area contributed by atoms with Gasteiger partial charge in [-0.05, 0) is 42.9 Å². The van der Waals surface area contributed by atoms with Gasteiger partial charge in [0.05, 0.1) is 18.2 Å². The second-order valence-corrected chi connectivity index (χ2v) is 7.31. The predicted molar refractivity (Wildman–Crippen MR) is 96.0 cm³/mol. The minimum Gasteiger partial charge on any atom is -0.478 e. The quantitative estimate of drug-likeness (QED) is 0.797. The van der Waals surface area contributed by atoms with Crippen molar-refractivity contribution in [2.24, 2.45) is 5.92 Å². The molecule has 136 valence electrons. The summed E-state index contributed by atoms with van der Waals surface area (Å²) in [4.78, 5) is 41.1. The second kappa shape index (κ2) is 7.25. The lowest BCUT2D eigenvalue weighted by Crippen LogP contribution is -2.19. The van der Waals surface area contributed by atoms with E-state index in [0.29, 0.717) is 16.5 Å². The van der Waals surface area contributed by atoms with Crippen molar-refractivity contribution in [2.75, 3.05) is 12.4 Å². The molecule has 3 rings (SSSR count). The van der Waals surface area contributed by atoms with E-state index in [-0.39, 0.29) is 11.3 Å². The number of pyridine rings is 1. The van der Waals surface area contributed by atoms with E-state index in [1.165, 1.54) is 36.8 Å². The molecule has 0 saturated heterocycles. The van der Waals surface area contributed by atoms with Gasteiger partial charge in [-0.3, -0.25) is 9.78 Å². The number of ether oxygens (including phenoxy) is 1. The van der Waals surface area contributed by atoms with Crippen molar-refractivity contribution in [3.05, 3.63) is 45.6 Å². The zero-order chi connectivity index (χ0) is 18.8. The van der Waals surface area contributed by atoms with Crippen LogP contribution in [0.25, 0.3) is 0 Å². The van der Waals surface area contributed by atoms with Gasteiger partial charge in [0.15, 0.2) is 0 Å². The van der Waals surface area contributed by atoms with E-state index in [4.69, 9.17) is 4.74 Å². The fourth-order valence-corrected chi connectivity index (χ4v) is 4.47. The first-order chi connectivity index (χ1) is 12.4. The first-order valence-electron chi connectivity index (χ1n) is 8.14. The lowest BCUT2D eigenvalue weighted by atomic mass is 9.88. The number of aromatic nitrogens is 1. The molecule has 0 saturated carbocycles. The number of hydrogen-bond donors (Lipinski definition) is 2. The molecule has 1 amide bonds. The number of amides is 1. The van der Waals surface area contributed by atoms with Crippen molar-refractivity contribution in [2.45, 2.75) is 26.2 Å². The van der Waals surface area contributed by atoms with Crippen LogP contribution in [0, 0.1) is 5.92 Å². The number of hydrogen-bond acceptors (Lipinski definition) is 6. The Hall–Kier alpha value is -2.74. The standard InChI is InChI=1S/C18H18N2O5S/c1-9-5-6-10-12(8-9)26-16(13(10)18(24)25-2)20-15(21)14-11(17(22)23)4-3-7-19-14/h3-4,7,9H,5-6,8H2,1-2H3,(H,20,21)(H,22,23). The largest absolute Gasteiger partial charge is 0.478 e. The predicted octanol–water partition coefficient (Wildman–Crippen LogP) is 3.01. The maximum atomic E-state index is 12.6. The number of rotatable bonds is 4. The molecule has 2 aromatic heterocycles. The first kappa shape index (κ1) is 18.1. The van der Waals surface area contributed by atoms with Gasteiger partial charge in [0, 0.05) is 11.1 Å². The fourth-order valence-electron chi connectivity index (χ4n) is 3.08. The van der Waals surface area contributed by atoms with E-state index < -0.39 is 17.8 Å². The molecule has 26 heavy (non-hydrogen) atoms. The van der Waals surface area contributed by atoms with Crippen LogP contribution < -0.4 is 5.32 Å². The highest BCUT2D eigenvalue weighted by Crippen LogP contribution is 2.40. The van der Waals surface area contributed by atoms with E-state index in [1.54, 1.807) is 0 Å². The molecule has 1 aliphatic rings. The van der Waals surface area contributed by atoms with Crippen LogP contribution in [0.2, 0.25) is 0 Å². The Morgan fingerprint density at radius 3 is 2.85 bits per heavy atom. The van der Waals surface area contributed by atoms with Crippen LogP contribution in [0.15, 0.2) is 18.3 Å². The summed E-state index contributed by atoms with van der Waals surface area (Å²) in [6.45, 7) is 2.14. The third kappa shape index (κ3) is 3.32. The zero-order valence-corrected chi connectivity index (χ0v) is 15.2. The van der Waals surface area contributed by atoms with Crippen molar-refractivity contribution in [3.8, 4) is 0 Å². The van der Waals surface area contributed by atoms with Crippen molar-refractivity contribution < 1.29 is 24.2 Å². The average Bonchev–Trinajstić information content (AvgIpc) is 2.97. The average molecular weight is 374 g/mol. The minimum atomic E-state index is -1.24. The topological polar surface area (TPSA) is 106 Å². The van der Waals surface area contributed by atoms with Crippen molar-refractivity contribution >= 4 is 34.2 Å². The first-order valence-corrected chi connectivity index (χ1v) is 8.96. The monoisotopic (exact) mass is 374 g/mol. The minimum absolute atomic E-state index is 0.195. The highest BCUT2D eigenvalue weighted by atomic mass is 32.1. The number of carboxylic acids is 1. The summed E-state index contributed by atoms with van der Waals surface area (Å²) in [5, 5.41) is 12.3. The highest BCUT2D eigenvalue weighted by molar-refractivity contribution is 7.17. The number of nitrogens with zero attached hydrogens (tertiary/aromatic N) is 1. The maximum Gasteiger partial charge on any atom is 0.341 e. The SMILES string of the molecule is COC(=O)c1c(NC(=O)c2ncccc2C(=O)O)sc2c1CCC(C)C2. The summed E-state index contributed by atoms with van der Waals surface area (Å²) in [6, 6.07) is 2.76. The van der Waals surface area contributed by atoms with Gasteiger partial charge in [-0.15, -0.1) is 11.3 Å². The molecular formula is C18H18N2O5S. The van der Waals surface area contributed by atoms with E-state index in [2.05, 4.69) is 17.2 Å². The molecule has 0 spiro atoms. The summed E-state index contributed by atoms with van der Waals surface area (Å²) in [5.41, 5.74) is 0.880. The second-order valence-electron chi connectivity index (χ2n) is 6.21. The molecule has 2 aromatic rings. The lowest BCUT2D eigenvalue weighted by molar-refractivity contribution is 0.0599. The smallest absolute Gasteiger partial charge is 0.341 e. The summed E-state index contributed by atoms with van der Waals surface area (Å²) < 4.78 is 4.88. The highest BCUT2D eigenvalue weighted by Gasteiger charge is 2.29. The van der Waals surface area contributed by atoms with E-state index in [0.717, 1.165) is 29.7 Å². The molecule has 0 bridgehead atoms. The van der Waals surface area contributed by atoms with Gasteiger partial charge in [0.1, 0.15) is 10.7 Å². The van der Waals surface area contributed by atoms with Crippen LogP contribution in [-0.4, -0.2) is 35.0 Å². The summed E-state index contributed by atoms with van der Waals surface area (Å²) in [6.07, 6.45) is 3.90. The number of thiophene rings is 1. The Morgan fingerprint density at radius 2 is 2.15 bits per heavy atom. The van der Waals surface area contributed by atoms with Gasteiger partial charge in [0.2, 0.25) is 0 Å². The Kier molecular flexibility index (Phi) is 5.03. The molecule has 1 aliphatic carbocycles. The third-order valence-corrected chi connectivity index (χ3v) is 5.55. The number of esters is 1. The number of carbonyl (C=O) groups is 3. The fraction of sp³-hybridized carbons (Fsp3) is 0.333. The maximum absolute atomic E-state index is 12.6. The number of carboxylic acid groups (broad SMARTS) is 1. The van der Waals surface area contributed by atoms with Crippen LogP contribution in [0.4, 0.5) is 5.00 Å². The Balaban J connectivity index is 1.99. The summed E-state index contributed by atoms with van der Waals surface area (Å²) in [5.74, 6) is -1.91. The van der Waals surface area contributed by atoms with E-state index in [1.807, 2.05) is 0 Å². The van der Waals surface area contributed by atoms with Crippen LogP contribution >= 0.6 is 11.3 Å². The van der Waals surface area contributed by atoms with Crippen molar-refractivity contribution in [1.82, 2.24) is 4.98 Å². The molecule has 1 atom stereocenters. The molecule has 0 aromatic carbocycles. The van der Waals surface area contributed by atoms with Crippen LogP contribution in [0.5, 0.6) is 0 Å².